The molecule has 0 aliphatic heterocycles. The number of methoxy groups -OCH3 is 1. The minimum Gasteiger partial charge on any atom is -0.497 e. The molecule has 0 aliphatic carbocycles. The summed E-state index contributed by atoms with van der Waals surface area (Å²) in [6.07, 6.45) is 0. The van der Waals surface area contributed by atoms with E-state index in [9.17, 15) is 5.26 Å². The highest BCUT2D eigenvalue weighted by molar-refractivity contribution is 7.98. The summed E-state index contributed by atoms with van der Waals surface area (Å²) in [7, 11) is 1.66. The molecule has 4 rings (SSSR count). The van der Waals surface area contributed by atoms with Crippen LogP contribution in [0.2, 0.25) is 5.02 Å². The van der Waals surface area contributed by atoms with Crippen LogP contribution < -0.4 is 4.74 Å². The van der Waals surface area contributed by atoms with E-state index in [0.717, 1.165) is 38.0 Å². The van der Waals surface area contributed by atoms with Gasteiger partial charge in [-0.1, -0.05) is 41.9 Å². The number of hydrogen-bond acceptors (Lipinski definition) is 5. The van der Waals surface area contributed by atoms with Crippen molar-refractivity contribution in [1.29, 1.82) is 5.26 Å². The zero-order valence-electron chi connectivity index (χ0n) is 16.1. The predicted octanol–water partition coefficient (Wildman–Crippen LogP) is 7.30. The predicted molar refractivity (Wildman–Crippen MR) is 125 cm³/mol. The fourth-order valence-electron chi connectivity index (χ4n) is 3.06. The second kappa shape index (κ2) is 9.36. The van der Waals surface area contributed by atoms with Crippen LogP contribution in [0, 0.1) is 11.3 Å². The molecule has 2 aromatic heterocycles. The molecular weight excluding hydrogens is 432 g/mol. The number of hydrogen-bond donors (Lipinski definition) is 0. The number of benzene rings is 2. The van der Waals surface area contributed by atoms with Crippen LogP contribution >= 0.6 is 34.7 Å². The summed E-state index contributed by atoms with van der Waals surface area (Å²) in [5, 5.41) is 13.4. The van der Waals surface area contributed by atoms with Crippen molar-refractivity contribution >= 4 is 34.7 Å². The molecule has 2 heterocycles. The standard InChI is InChI=1S/C24H17ClN2OS2/c1-28-19-5-2-4-16(12-19)15-30-24-21(14-26)20(17-7-9-18(25)10-8-17)13-22(27-24)23-6-3-11-29-23/h2-13H,15H2,1H3. The number of nitrogens with zero attached hydrogens (tertiary/aromatic N) is 2. The van der Waals surface area contributed by atoms with Crippen molar-refractivity contribution in [1.82, 2.24) is 4.98 Å². The fraction of sp³-hybridized carbons (Fsp3) is 0.0833. The Morgan fingerprint density at radius 2 is 1.93 bits per heavy atom. The average molecular weight is 449 g/mol. The van der Waals surface area contributed by atoms with Gasteiger partial charge in [0.05, 0.1) is 23.2 Å². The Balaban J connectivity index is 1.77. The number of thiophene rings is 1. The Kier molecular flexibility index (Phi) is 6.39. The molecule has 0 aliphatic rings. The molecule has 0 bridgehead atoms. The summed E-state index contributed by atoms with van der Waals surface area (Å²) < 4.78 is 5.32. The first-order valence-corrected chi connectivity index (χ1v) is 11.4. The van der Waals surface area contributed by atoms with E-state index in [1.54, 1.807) is 30.2 Å². The zero-order valence-corrected chi connectivity index (χ0v) is 18.5. The molecule has 0 atom stereocenters. The lowest BCUT2D eigenvalue weighted by molar-refractivity contribution is 0.414. The minimum absolute atomic E-state index is 0.575. The number of ether oxygens (including phenoxy) is 1. The van der Waals surface area contributed by atoms with Crippen molar-refractivity contribution in [2.75, 3.05) is 7.11 Å². The third-order valence-corrected chi connectivity index (χ3v) is 6.73. The smallest absolute Gasteiger partial charge is 0.119 e. The maximum Gasteiger partial charge on any atom is 0.119 e. The van der Waals surface area contributed by atoms with Crippen LogP contribution in [0.3, 0.4) is 0 Å². The van der Waals surface area contributed by atoms with E-state index in [1.165, 1.54) is 0 Å². The van der Waals surface area contributed by atoms with Crippen LogP contribution in [0.1, 0.15) is 11.1 Å². The molecule has 0 saturated carbocycles. The van der Waals surface area contributed by atoms with Gasteiger partial charge in [0, 0.05) is 16.3 Å². The number of thioether (sulfide) groups is 1. The quantitative estimate of drug-likeness (QED) is 0.290. The van der Waals surface area contributed by atoms with Gasteiger partial charge < -0.3 is 4.74 Å². The van der Waals surface area contributed by atoms with Crippen LogP contribution in [0.15, 0.2) is 77.1 Å². The molecule has 0 spiro atoms. The highest BCUT2D eigenvalue weighted by Crippen LogP contribution is 2.36. The lowest BCUT2D eigenvalue weighted by atomic mass is 10.0. The largest absolute Gasteiger partial charge is 0.497 e. The highest BCUT2D eigenvalue weighted by Gasteiger charge is 2.16. The molecule has 0 amide bonds. The molecule has 0 radical (unpaired) electrons. The SMILES string of the molecule is COc1cccc(CSc2nc(-c3cccs3)cc(-c3ccc(Cl)cc3)c2C#N)c1. The number of halogens is 1. The van der Waals surface area contributed by atoms with E-state index in [1.807, 2.05) is 72.1 Å². The van der Waals surface area contributed by atoms with Crippen LogP contribution in [-0.4, -0.2) is 12.1 Å². The van der Waals surface area contributed by atoms with Gasteiger partial charge in [0.1, 0.15) is 16.8 Å². The van der Waals surface area contributed by atoms with E-state index in [4.69, 9.17) is 21.3 Å². The second-order valence-corrected chi connectivity index (χ2v) is 8.82. The molecule has 30 heavy (non-hydrogen) atoms. The first kappa shape index (κ1) is 20.5. The molecule has 0 unspecified atom stereocenters. The number of rotatable bonds is 6. The number of pyridine rings is 1. The summed E-state index contributed by atoms with van der Waals surface area (Å²) in [4.78, 5) is 5.91. The molecule has 148 valence electrons. The van der Waals surface area contributed by atoms with Crippen molar-refractivity contribution in [2.45, 2.75) is 10.8 Å². The Hall–Kier alpha value is -2.78. The van der Waals surface area contributed by atoms with Gasteiger partial charge >= 0.3 is 0 Å². The summed E-state index contributed by atoms with van der Waals surface area (Å²) in [5.41, 5.74) is 4.35. The highest BCUT2D eigenvalue weighted by atomic mass is 35.5. The lowest BCUT2D eigenvalue weighted by Crippen LogP contribution is -1.96. The maximum atomic E-state index is 9.97. The van der Waals surface area contributed by atoms with Gasteiger partial charge in [0.15, 0.2) is 0 Å². The van der Waals surface area contributed by atoms with E-state index in [0.29, 0.717) is 16.3 Å². The van der Waals surface area contributed by atoms with Gasteiger partial charge in [-0.05, 0) is 52.9 Å². The van der Waals surface area contributed by atoms with Crippen molar-refractivity contribution in [3.05, 3.63) is 88.3 Å². The first-order chi connectivity index (χ1) is 14.7. The summed E-state index contributed by atoms with van der Waals surface area (Å²) in [6, 6.07) is 23.9. The minimum atomic E-state index is 0.575. The van der Waals surface area contributed by atoms with Gasteiger partial charge in [0.2, 0.25) is 0 Å². The van der Waals surface area contributed by atoms with Crippen LogP contribution in [0.4, 0.5) is 0 Å². The lowest BCUT2D eigenvalue weighted by Gasteiger charge is -2.12. The van der Waals surface area contributed by atoms with Crippen molar-refractivity contribution in [3.8, 4) is 33.5 Å². The van der Waals surface area contributed by atoms with Gasteiger partial charge in [-0.3, -0.25) is 0 Å². The second-order valence-electron chi connectivity index (χ2n) is 6.47. The van der Waals surface area contributed by atoms with E-state index >= 15 is 0 Å². The first-order valence-electron chi connectivity index (χ1n) is 9.18. The van der Waals surface area contributed by atoms with E-state index in [2.05, 4.69) is 6.07 Å². The normalized spacial score (nSPS) is 10.6. The molecule has 4 aromatic rings. The fourth-order valence-corrected chi connectivity index (χ4v) is 4.81. The number of aromatic nitrogens is 1. The van der Waals surface area contributed by atoms with Crippen LogP contribution in [0.5, 0.6) is 5.75 Å². The molecule has 0 saturated heterocycles. The van der Waals surface area contributed by atoms with E-state index in [-0.39, 0.29) is 0 Å². The van der Waals surface area contributed by atoms with Gasteiger partial charge in [0.25, 0.3) is 0 Å². The van der Waals surface area contributed by atoms with Crippen molar-refractivity contribution in [2.24, 2.45) is 0 Å². The number of nitriles is 1. The van der Waals surface area contributed by atoms with Crippen LogP contribution in [-0.2, 0) is 5.75 Å². The summed E-state index contributed by atoms with van der Waals surface area (Å²) >= 11 is 9.26. The van der Waals surface area contributed by atoms with Gasteiger partial charge in [-0.25, -0.2) is 4.98 Å². The molecular formula is C24H17ClN2OS2. The monoisotopic (exact) mass is 448 g/mol. The van der Waals surface area contributed by atoms with Crippen molar-refractivity contribution < 1.29 is 4.74 Å². The van der Waals surface area contributed by atoms with Crippen molar-refractivity contribution in [3.63, 3.8) is 0 Å². The average Bonchev–Trinajstić information content (AvgIpc) is 3.33. The van der Waals surface area contributed by atoms with E-state index < -0.39 is 0 Å². The molecule has 0 fully saturated rings. The molecule has 6 heteroatoms. The third-order valence-electron chi connectivity index (χ3n) is 4.54. The Labute approximate surface area is 188 Å². The van der Waals surface area contributed by atoms with Gasteiger partial charge in [-0.2, -0.15) is 5.26 Å². The Morgan fingerprint density at radius 1 is 1.10 bits per heavy atom. The topological polar surface area (TPSA) is 45.9 Å². The third kappa shape index (κ3) is 4.52. The maximum absolute atomic E-state index is 9.97. The molecule has 0 N–H and O–H groups in total. The molecule has 2 aromatic carbocycles. The van der Waals surface area contributed by atoms with Gasteiger partial charge in [-0.15, -0.1) is 23.1 Å². The summed E-state index contributed by atoms with van der Waals surface area (Å²) in [5.74, 6) is 1.50. The molecule has 3 nitrogen and oxygen atoms in total. The van der Waals surface area contributed by atoms with Crippen LogP contribution in [0.25, 0.3) is 21.7 Å². The summed E-state index contributed by atoms with van der Waals surface area (Å²) in [6.45, 7) is 0. The zero-order chi connectivity index (χ0) is 20.9. The Bertz CT molecular complexity index is 1200. The Morgan fingerprint density at radius 3 is 2.63 bits per heavy atom.